The number of likely N-dealkylation sites (N-methyl/N-ethyl adjacent to an activating group) is 2. The predicted octanol–water partition coefficient (Wildman–Crippen LogP) is 1.98. The zero-order chi connectivity index (χ0) is 20.0. The van der Waals surface area contributed by atoms with Crippen LogP contribution >= 0.6 is 0 Å². The third kappa shape index (κ3) is 5.66. The van der Waals surface area contributed by atoms with Gasteiger partial charge in [-0.15, -0.1) is 0 Å². The maximum absolute atomic E-state index is 12.6. The van der Waals surface area contributed by atoms with Gasteiger partial charge < -0.3 is 15.1 Å². The molecular weight excluding hydrogens is 338 g/mol. The zero-order valence-electron chi connectivity index (χ0n) is 16.9. The van der Waals surface area contributed by atoms with Gasteiger partial charge in [-0.05, 0) is 37.5 Å². The number of para-hydroxylation sites is 1. The van der Waals surface area contributed by atoms with E-state index in [4.69, 9.17) is 0 Å². The molecule has 0 bridgehead atoms. The van der Waals surface area contributed by atoms with Crippen LogP contribution < -0.4 is 10.2 Å². The lowest BCUT2D eigenvalue weighted by atomic mass is 10.1. The van der Waals surface area contributed by atoms with Gasteiger partial charge in [0.05, 0.1) is 13.1 Å². The molecule has 2 atom stereocenters. The van der Waals surface area contributed by atoms with Crippen molar-refractivity contribution >= 4 is 17.5 Å². The van der Waals surface area contributed by atoms with Gasteiger partial charge in [-0.2, -0.15) is 0 Å². The molecule has 2 aromatic carbocycles. The Labute approximate surface area is 162 Å². The normalized spacial score (nSPS) is 12.9. The van der Waals surface area contributed by atoms with Crippen molar-refractivity contribution in [1.29, 1.82) is 0 Å². The van der Waals surface area contributed by atoms with Crippen LogP contribution in [0.15, 0.2) is 48.5 Å². The zero-order valence-corrected chi connectivity index (χ0v) is 16.9. The van der Waals surface area contributed by atoms with E-state index in [1.165, 1.54) is 0 Å². The number of nitrogens with zero attached hydrogens (tertiary/aromatic N) is 1. The first-order valence-electron chi connectivity index (χ1n) is 9.27. The standard InChI is InChI=1S/C22H29N3O2/c1-16-10-9-11-17(2)22(16)23-20(26)14-24(4)15-21(27)25(5)18(3)19-12-7-6-8-13-19/h6-13,18H,14-15H2,1-5H3,(H,23,26)/p+1/t18-/m1/s1. The second kappa shape index (κ2) is 9.33. The van der Waals surface area contributed by atoms with Crippen LogP contribution in [-0.4, -0.2) is 43.9 Å². The molecule has 0 radical (unpaired) electrons. The Bertz CT molecular complexity index is 769. The minimum absolute atomic E-state index is 0.00468. The lowest BCUT2D eigenvalue weighted by Gasteiger charge is -2.26. The number of anilines is 1. The fraction of sp³-hybridized carbons (Fsp3) is 0.364. The highest BCUT2D eigenvalue weighted by atomic mass is 16.2. The molecule has 2 aromatic rings. The first kappa shape index (κ1) is 20.6. The summed E-state index contributed by atoms with van der Waals surface area (Å²) in [6.45, 7) is 6.47. The molecule has 2 rings (SSSR count). The van der Waals surface area contributed by atoms with E-state index in [2.05, 4.69) is 5.32 Å². The van der Waals surface area contributed by atoms with Crippen LogP contribution in [0.4, 0.5) is 5.69 Å². The molecule has 0 aliphatic rings. The summed E-state index contributed by atoms with van der Waals surface area (Å²) < 4.78 is 0. The molecule has 0 aromatic heterocycles. The van der Waals surface area contributed by atoms with Crippen molar-refractivity contribution in [2.75, 3.05) is 32.5 Å². The van der Waals surface area contributed by atoms with Gasteiger partial charge in [0.25, 0.3) is 11.8 Å². The third-order valence-corrected chi connectivity index (χ3v) is 4.92. The number of carbonyl (C=O) groups is 2. The van der Waals surface area contributed by atoms with E-state index in [0.717, 1.165) is 27.3 Å². The van der Waals surface area contributed by atoms with Crippen molar-refractivity contribution in [1.82, 2.24) is 4.90 Å². The van der Waals surface area contributed by atoms with Crippen molar-refractivity contribution in [3.05, 3.63) is 65.2 Å². The van der Waals surface area contributed by atoms with Gasteiger partial charge in [-0.3, -0.25) is 9.59 Å². The Morgan fingerprint density at radius 2 is 1.59 bits per heavy atom. The molecule has 0 aliphatic carbocycles. The highest BCUT2D eigenvalue weighted by Gasteiger charge is 2.22. The molecule has 2 N–H and O–H groups in total. The van der Waals surface area contributed by atoms with Gasteiger partial charge >= 0.3 is 0 Å². The van der Waals surface area contributed by atoms with Gasteiger partial charge in [-0.1, -0.05) is 48.5 Å². The number of carbonyl (C=O) groups excluding carboxylic acids is 2. The summed E-state index contributed by atoms with van der Waals surface area (Å²) in [6.07, 6.45) is 0. The highest BCUT2D eigenvalue weighted by Crippen LogP contribution is 2.19. The van der Waals surface area contributed by atoms with Crippen molar-refractivity contribution in [3.8, 4) is 0 Å². The molecule has 0 heterocycles. The van der Waals surface area contributed by atoms with E-state index in [-0.39, 0.29) is 30.9 Å². The molecule has 2 amide bonds. The third-order valence-electron chi connectivity index (χ3n) is 4.92. The van der Waals surface area contributed by atoms with Crippen molar-refractivity contribution in [2.24, 2.45) is 0 Å². The molecule has 0 aliphatic heterocycles. The number of hydrogen-bond donors (Lipinski definition) is 2. The topological polar surface area (TPSA) is 53.9 Å². The Balaban J connectivity index is 1.89. The molecule has 1 unspecified atom stereocenters. The summed E-state index contributed by atoms with van der Waals surface area (Å²) in [7, 11) is 3.67. The van der Waals surface area contributed by atoms with E-state index >= 15 is 0 Å². The largest absolute Gasteiger partial charge is 0.334 e. The second-order valence-corrected chi connectivity index (χ2v) is 7.22. The molecule has 5 heteroatoms. The van der Waals surface area contributed by atoms with Crippen LogP contribution in [-0.2, 0) is 9.59 Å². The lowest BCUT2D eigenvalue weighted by molar-refractivity contribution is -0.862. The number of rotatable bonds is 7. The summed E-state index contributed by atoms with van der Waals surface area (Å²) in [5.74, 6) is -0.0693. The SMILES string of the molecule is Cc1cccc(C)c1NC(=O)C[NH+](C)CC(=O)N(C)[C@H](C)c1ccccc1. The highest BCUT2D eigenvalue weighted by molar-refractivity contribution is 5.93. The first-order chi connectivity index (χ1) is 12.8. The average molecular weight is 369 g/mol. The molecule has 0 fully saturated rings. The summed E-state index contributed by atoms with van der Waals surface area (Å²) in [6, 6.07) is 15.9. The number of hydrogen-bond acceptors (Lipinski definition) is 2. The summed E-state index contributed by atoms with van der Waals surface area (Å²) >= 11 is 0. The number of amides is 2. The summed E-state index contributed by atoms with van der Waals surface area (Å²) in [4.78, 5) is 27.6. The molecule has 0 saturated carbocycles. The fourth-order valence-electron chi connectivity index (χ4n) is 3.09. The molecule has 144 valence electrons. The second-order valence-electron chi connectivity index (χ2n) is 7.22. The van der Waals surface area contributed by atoms with Crippen molar-refractivity contribution in [2.45, 2.75) is 26.8 Å². The minimum atomic E-state index is -0.0866. The van der Waals surface area contributed by atoms with Crippen LogP contribution in [0.2, 0.25) is 0 Å². The van der Waals surface area contributed by atoms with Crippen molar-refractivity contribution in [3.63, 3.8) is 0 Å². The van der Waals surface area contributed by atoms with Gasteiger partial charge in [0.15, 0.2) is 13.1 Å². The Hall–Kier alpha value is -2.66. The quantitative estimate of drug-likeness (QED) is 0.785. The van der Waals surface area contributed by atoms with E-state index in [1.54, 1.807) is 4.90 Å². The van der Waals surface area contributed by atoms with Crippen molar-refractivity contribution < 1.29 is 14.5 Å². The Morgan fingerprint density at radius 1 is 1.00 bits per heavy atom. The summed E-state index contributed by atoms with van der Waals surface area (Å²) in [5.41, 5.74) is 4.03. The smallest absolute Gasteiger partial charge is 0.279 e. The predicted molar refractivity (Wildman–Crippen MR) is 109 cm³/mol. The molecule has 27 heavy (non-hydrogen) atoms. The Kier molecular flexibility index (Phi) is 7.13. The van der Waals surface area contributed by atoms with E-state index in [1.807, 2.05) is 83.4 Å². The van der Waals surface area contributed by atoms with Crippen LogP contribution in [0.5, 0.6) is 0 Å². The van der Waals surface area contributed by atoms with Crippen LogP contribution in [0.1, 0.15) is 29.7 Å². The number of benzene rings is 2. The first-order valence-corrected chi connectivity index (χ1v) is 9.27. The van der Waals surface area contributed by atoms with Gasteiger partial charge in [-0.25, -0.2) is 0 Å². The van der Waals surface area contributed by atoms with E-state index in [0.29, 0.717) is 0 Å². The number of aryl methyl sites for hydroxylation is 2. The summed E-state index contributed by atoms with van der Waals surface area (Å²) in [5, 5.41) is 2.98. The molecule has 5 nitrogen and oxygen atoms in total. The maximum atomic E-state index is 12.6. The maximum Gasteiger partial charge on any atom is 0.279 e. The van der Waals surface area contributed by atoms with Gasteiger partial charge in [0.1, 0.15) is 0 Å². The lowest BCUT2D eigenvalue weighted by Crippen LogP contribution is -3.11. The molecular formula is C22H30N3O2+. The van der Waals surface area contributed by atoms with Crippen LogP contribution in [0.3, 0.4) is 0 Å². The van der Waals surface area contributed by atoms with Gasteiger partial charge in [0.2, 0.25) is 0 Å². The molecule has 0 spiro atoms. The van der Waals surface area contributed by atoms with Crippen LogP contribution in [0.25, 0.3) is 0 Å². The monoisotopic (exact) mass is 368 g/mol. The van der Waals surface area contributed by atoms with E-state index in [9.17, 15) is 9.59 Å². The average Bonchev–Trinajstić information content (AvgIpc) is 2.64. The number of quaternary nitrogens is 1. The van der Waals surface area contributed by atoms with Gasteiger partial charge in [0, 0.05) is 12.7 Å². The minimum Gasteiger partial charge on any atom is -0.334 e. The Morgan fingerprint density at radius 3 is 2.19 bits per heavy atom. The molecule has 0 saturated heterocycles. The fourth-order valence-corrected chi connectivity index (χ4v) is 3.09. The van der Waals surface area contributed by atoms with E-state index < -0.39 is 0 Å². The van der Waals surface area contributed by atoms with Crippen LogP contribution in [0, 0.1) is 13.8 Å². The number of nitrogens with one attached hydrogen (secondary N) is 2.